The van der Waals surface area contributed by atoms with Crippen LogP contribution in [0.5, 0.6) is 5.88 Å². The Hall–Kier alpha value is -3.41. The Labute approximate surface area is 197 Å². The summed E-state index contributed by atoms with van der Waals surface area (Å²) in [4.78, 5) is 5.12. The number of halogens is 3. The average Bonchev–Trinajstić information content (AvgIpc) is 3.46. The fourth-order valence-corrected chi connectivity index (χ4v) is 4.21. The first-order valence-corrected chi connectivity index (χ1v) is 10.8. The number of nitrogens with zero attached hydrogens (tertiary/aromatic N) is 7. The second-order valence-corrected chi connectivity index (χ2v) is 8.19. The van der Waals surface area contributed by atoms with Crippen LogP contribution in [0.25, 0.3) is 27.7 Å². The van der Waals surface area contributed by atoms with Crippen molar-refractivity contribution in [3.05, 3.63) is 30.5 Å². The zero-order valence-corrected chi connectivity index (χ0v) is 18.4. The first-order chi connectivity index (χ1) is 17.6. The van der Waals surface area contributed by atoms with E-state index in [1.54, 1.807) is 16.9 Å². The number of aryl methyl sites for hydroxylation is 1. The van der Waals surface area contributed by atoms with Gasteiger partial charge >= 0.3 is 0 Å². The lowest BCUT2D eigenvalue weighted by atomic mass is 10.0. The van der Waals surface area contributed by atoms with Crippen molar-refractivity contribution < 1.29 is 22.0 Å². The number of methoxy groups -OCH3 is 1. The zero-order chi connectivity index (χ0) is 26.4. The third kappa shape index (κ3) is 4.02. The number of aromatic nitrogens is 6. The molecule has 1 atom stereocenters. The van der Waals surface area contributed by atoms with Crippen molar-refractivity contribution in [2.75, 3.05) is 39.2 Å². The molecule has 0 bridgehead atoms. The minimum atomic E-state index is -3.31. The van der Waals surface area contributed by atoms with E-state index in [-0.39, 0.29) is 24.8 Å². The normalized spacial score (nSPS) is 20.2. The first kappa shape index (κ1) is 19.0. The van der Waals surface area contributed by atoms with Crippen LogP contribution in [-0.4, -0.2) is 80.3 Å². The van der Waals surface area contributed by atoms with Crippen LogP contribution in [0.15, 0.2) is 30.5 Å². The number of piperidine rings is 1. The number of rotatable bonds is 7. The van der Waals surface area contributed by atoms with Crippen LogP contribution in [-0.2, 0) is 6.54 Å². The van der Waals surface area contributed by atoms with E-state index in [1.807, 2.05) is 18.2 Å². The van der Waals surface area contributed by atoms with Gasteiger partial charge in [0.25, 0.3) is 5.92 Å². The van der Waals surface area contributed by atoms with Gasteiger partial charge in [-0.3, -0.25) is 4.39 Å². The molecule has 4 aromatic rings. The highest BCUT2D eigenvalue weighted by molar-refractivity contribution is 5.89. The number of anilines is 1. The van der Waals surface area contributed by atoms with E-state index in [0.29, 0.717) is 24.0 Å². The van der Waals surface area contributed by atoms with E-state index in [4.69, 9.17) is 8.85 Å². The van der Waals surface area contributed by atoms with Crippen LogP contribution >= 0.6 is 0 Å². The second-order valence-electron chi connectivity index (χ2n) is 8.19. The molecular weight excluding hydrogens is 449 g/mol. The molecule has 1 N–H and O–H groups in total. The van der Waals surface area contributed by atoms with E-state index >= 15 is 0 Å². The topological polar surface area (TPSA) is 85.4 Å². The number of alkyl halides is 3. The van der Waals surface area contributed by atoms with E-state index < -0.39 is 32.2 Å². The van der Waals surface area contributed by atoms with Gasteiger partial charge in [-0.1, -0.05) is 11.3 Å². The largest absolute Gasteiger partial charge is 0.479 e. The average molecular weight is 478 g/mol. The molecule has 5 rings (SSSR count). The molecule has 0 saturated carbocycles. The standard InChI is InChI=1S/C22H25F3N8O/c1-31-10-7-18(22(24,25)13-31)26-21-27-20(34-2)19-15(6-11-33(19)29-21)14-4-5-16-17(12-14)32(30-28-16)9-3-8-23/h4-6,11-12,18H,3,7-10,13H2,1-2H3,(H,26,29)/i1D3. The molecule has 1 aromatic carbocycles. The summed E-state index contributed by atoms with van der Waals surface area (Å²) in [6.45, 7) is -3.56. The molecule has 1 aliphatic rings. The zero-order valence-electron chi connectivity index (χ0n) is 21.4. The maximum Gasteiger partial charge on any atom is 0.280 e. The summed E-state index contributed by atoms with van der Waals surface area (Å²) in [7, 11) is 1.42. The third-order valence-corrected chi connectivity index (χ3v) is 5.90. The first-order valence-electron chi connectivity index (χ1n) is 12.3. The predicted octanol–water partition coefficient (Wildman–Crippen LogP) is 3.26. The molecule has 0 amide bonds. The van der Waals surface area contributed by atoms with E-state index in [2.05, 4.69) is 25.7 Å². The van der Waals surface area contributed by atoms with Crippen molar-refractivity contribution in [2.45, 2.75) is 31.4 Å². The highest BCUT2D eigenvalue weighted by Crippen LogP contribution is 2.34. The van der Waals surface area contributed by atoms with Crippen molar-refractivity contribution in [3.63, 3.8) is 0 Å². The quantitative estimate of drug-likeness (QED) is 0.437. The summed E-state index contributed by atoms with van der Waals surface area (Å²) >= 11 is 0. The van der Waals surface area contributed by atoms with Gasteiger partial charge in [0.15, 0.2) is 0 Å². The fraction of sp³-hybridized carbons (Fsp3) is 0.455. The molecule has 1 unspecified atom stereocenters. The lowest BCUT2D eigenvalue weighted by molar-refractivity contribution is -0.0675. The molecule has 12 heteroatoms. The van der Waals surface area contributed by atoms with Gasteiger partial charge < -0.3 is 15.0 Å². The van der Waals surface area contributed by atoms with Gasteiger partial charge in [-0.05, 0) is 43.6 Å². The van der Waals surface area contributed by atoms with Crippen LogP contribution < -0.4 is 10.1 Å². The molecule has 180 valence electrons. The Kier molecular flexibility index (Phi) is 4.88. The minimum absolute atomic E-state index is 0.0178. The van der Waals surface area contributed by atoms with Crippen LogP contribution in [0.4, 0.5) is 19.1 Å². The van der Waals surface area contributed by atoms with Crippen LogP contribution in [0.1, 0.15) is 17.0 Å². The molecule has 0 aliphatic carbocycles. The Morgan fingerprint density at radius 2 is 2.21 bits per heavy atom. The van der Waals surface area contributed by atoms with Gasteiger partial charge in [0.2, 0.25) is 11.8 Å². The number of nitrogens with one attached hydrogen (secondary N) is 1. The van der Waals surface area contributed by atoms with E-state index in [1.165, 1.54) is 11.6 Å². The van der Waals surface area contributed by atoms with Gasteiger partial charge in [0, 0.05) is 29.0 Å². The summed E-state index contributed by atoms with van der Waals surface area (Å²) in [5.41, 5.74) is 3.48. The maximum absolute atomic E-state index is 14.8. The fourth-order valence-electron chi connectivity index (χ4n) is 4.21. The summed E-state index contributed by atoms with van der Waals surface area (Å²) < 4.78 is 73.1. The maximum atomic E-state index is 14.8. The number of fused-ring (bicyclic) bond motifs is 2. The SMILES string of the molecule is [2H]C([2H])([2H])N1CCC(Nc2nc(OC)c3c(-c4ccc5nnn(CCCF)c5c4)ccn3n2)C(F)(F)C1. The molecule has 1 aliphatic heterocycles. The Bertz CT molecular complexity index is 1420. The summed E-state index contributed by atoms with van der Waals surface area (Å²) in [5, 5.41) is 15.2. The van der Waals surface area contributed by atoms with Crippen molar-refractivity contribution in [3.8, 4) is 17.0 Å². The molecular formula is C22H25F3N8O. The molecule has 4 heterocycles. The highest BCUT2D eigenvalue weighted by Gasteiger charge is 2.44. The van der Waals surface area contributed by atoms with Crippen LogP contribution in [0.3, 0.4) is 0 Å². The number of benzene rings is 1. The van der Waals surface area contributed by atoms with Crippen molar-refractivity contribution in [2.24, 2.45) is 0 Å². The lowest BCUT2D eigenvalue weighted by Crippen LogP contribution is -2.53. The number of likely N-dealkylation sites (tertiary alicyclic amines) is 1. The van der Waals surface area contributed by atoms with Crippen molar-refractivity contribution in [1.29, 1.82) is 0 Å². The number of ether oxygens (including phenoxy) is 1. The van der Waals surface area contributed by atoms with Crippen LogP contribution in [0, 0.1) is 0 Å². The van der Waals surface area contributed by atoms with Crippen molar-refractivity contribution >= 4 is 22.5 Å². The lowest BCUT2D eigenvalue weighted by Gasteiger charge is -2.36. The van der Waals surface area contributed by atoms with Gasteiger partial charge in [-0.2, -0.15) is 4.98 Å². The molecule has 1 saturated heterocycles. The highest BCUT2D eigenvalue weighted by atomic mass is 19.3. The Morgan fingerprint density at radius 3 is 2.97 bits per heavy atom. The molecule has 1 fully saturated rings. The summed E-state index contributed by atoms with van der Waals surface area (Å²) in [6, 6.07) is 6.01. The Morgan fingerprint density at radius 1 is 1.32 bits per heavy atom. The molecule has 0 radical (unpaired) electrons. The minimum Gasteiger partial charge on any atom is -0.479 e. The smallest absolute Gasteiger partial charge is 0.280 e. The molecule has 3 aromatic heterocycles. The van der Waals surface area contributed by atoms with E-state index in [9.17, 15) is 13.2 Å². The predicted molar refractivity (Wildman–Crippen MR) is 121 cm³/mol. The summed E-state index contributed by atoms with van der Waals surface area (Å²) in [6.07, 6.45) is 1.89. The van der Waals surface area contributed by atoms with Gasteiger partial charge in [0.05, 0.1) is 31.9 Å². The van der Waals surface area contributed by atoms with Gasteiger partial charge in [-0.15, -0.1) is 10.2 Å². The van der Waals surface area contributed by atoms with E-state index in [0.717, 1.165) is 21.5 Å². The number of hydrogen-bond donors (Lipinski definition) is 1. The third-order valence-electron chi connectivity index (χ3n) is 5.90. The number of hydrogen-bond acceptors (Lipinski definition) is 7. The summed E-state index contributed by atoms with van der Waals surface area (Å²) in [5.74, 6) is -3.21. The monoisotopic (exact) mass is 477 g/mol. The van der Waals surface area contributed by atoms with Gasteiger partial charge in [0.1, 0.15) is 11.0 Å². The molecule has 0 spiro atoms. The van der Waals surface area contributed by atoms with Crippen molar-refractivity contribution in [1.82, 2.24) is 34.5 Å². The van der Waals surface area contributed by atoms with Gasteiger partial charge in [-0.25, -0.2) is 18.0 Å². The molecule has 9 nitrogen and oxygen atoms in total. The second kappa shape index (κ2) is 8.75. The Balaban J connectivity index is 1.46. The van der Waals surface area contributed by atoms with Crippen LogP contribution in [0.2, 0.25) is 0 Å². The molecule has 34 heavy (non-hydrogen) atoms.